The van der Waals surface area contributed by atoms with E-state index in [2.05, 4.69) is 0 Å². The normalized spacial score (nSPS) is 15.1. The Bertz CT molecular complexity index is 1660. The second kappa shape index (κ2) is 10.9. The predicted octanol–water partition coefficient (Wildman–Crippen LogP) is 6.29. The Hall–Kier alpha value is -4.63. The number of nitrogens with zero attached hydrogens (tertiary/aromatic N) is 1. The molecule has 1 aromatic heterocycles. The minimum atomic E-state index is -1.03. The van der Waals surface area contributed by atoms with Crippen LogP contribution in [0.1, 0.15) is 29.1 Å². The summed E-state index contributed by atoms with van der Waals surface area (Å²) in [5, 5.41) is 12.1. The number of anilines is 1. The highest BCUT2D eigenvalue weighted by Crippen LogP contribution is 2.45. The zero-order valence-electron chi connectivity index (χ0n) is 22.2. The summed E-state index contributed by atoms with van der Waals surface area (Å²) < 4.78 is 27.8. The molecule has 0 saturated carbocycles. The Morgan fingerprint density at radius 1 is 0.975 bits per heavy atom. The number of aliphatic hydroxyl groups is 1. The number of methoxy groups -OCH3 is 3. The monoisotopic (exact) mass is 563 g/mol. The van der Waals surface area contributed by atoms with Gasteiger partial charge in [0, 0.05) is 28.2 Å². The van der Waals surface area contributed by atoms with Crippen LogP contribution in [0, 0.1) is 0 Å². The highest BCUT2D eigenvalue weighted by Gasteiger charge is 2.46. The molecule has 5 rings (SSSR count). The van der Waals surface area contributed by atoms with Crippen molar-refractivity contribution in [2.45, 2.75) is 13.0 Å². The Balaban J connectivity index is 1.69. The van der Waals surface area contributed by atoms with E-state index in [9.17, 15) is 14.7 Å². The summed E-state index contributed by atoms with van der Waals surface area (Å²) in [6.07, 6.45) is 0. The standard InChI is InChI=1S/C30H26ClNO8/c1-5-39-22-12-16(9-10-21(22)37-3)26-25(28(34)30(35)32(26)19-7-6-8-20(15-19)36-2)27(33)23-13-17-11-18(31)14-24(38-4)29(17)40-23/h6-15,26,34H,5H2,1-4H3. The number of halogens is 1. The van der Waals surface area contributed by atoms with Crippen LogP contribution in [-0.2, 0) is 4.79 Å². The smallest absolute Gasteiger partial charge is 0.294 e. The molecule has 9 nitrogen and oxygen atoms in total. The van der Waals surface area contributed by atoms with Gasteiger partial charge in [-0.05, 0) is 48.9 Å². The van der Waals surface area contributed by atoms with Crippen LogP contribution in [0.3, 0.4) is 0 Å². The van der Waals surface area contributed by atoms with Gasteiger partial charge in [0.25, 0.3) is 5.91 Å². The van der Waals surface area contributed by atoms with Crippen LogP contribution in [0.4, 0.5) is 5.69 Å². The highest BCUT2D eigenvalue weighted by molar-refractivity contribution is 6.31. The van der Waals surface area contributed by atoms with Gasteiger partial charge >= 0.3 is 0 Å². The molecule has 0 aliphatic carbocycles. The molecule has 1 aliphatic rings. The van der Waals surface area contributed by atoms with Crippen LogP contribution >= 0.6 is 11.6 Å². The number of aliphatic hydroxyl groups excluding tert-OH is 1. The summed E-state index contributed by atoms with van der Waals surface area (Å²) in [4.78, 5) is 29.0. The van der Waals surface area contributed by atoms with Crippen LogP contribution in [0.2, 0.25) is 5.02 Å². The fourth-order valence-corrected chi connectivity index (χ4v) is 5.01. The molecule has 4 aromatic rings. The van der Waals surface area contributed by atoms with E-state index in [1.165, 1.54) is 32.3 Å². The average Bonchev–Trinajstić information content (AvgIpc) is 3.51. The van der Waals surface area contributed by atoms with Crippen molar-refractivity contribution in [3.8, 4) is 23.0 Å². The van der Waals surface area contributed by atoms with Gasteiger partial charge in [0.05, 0.1) is 39.6 Å². The molecule has 1 unspecified atom stereocenters. The summed E-state index contributed by atoms with van der Waals surface area (Å²) in [6, 6.07) is 15.5. The number of amides is 1. The number of hydrogen-bond acceptors (Lipinski definition) is 8. The van der Waals surface area contributed by atoms with E-state index in [1.54, 1.807) is 54.6 Å². The van der Waals surface area contributed by atoms with Crippen LogP contribution in [0.15, 0.2) is 76.4 Å². The Kier molecular flexibility index (Phi) is 7.32. The van der Waals surface area contributed by atoms with Crippen LogP contribution in [0.5, 0.6) is 23.0 Å². The largest absolute Gasteiger partial charge is 0.503 e. The summed E-state index contributed by atoms with van der Waals surface area (Å²) >= 11 is 6.20. The van der Waals surface area contributed by atoms with Crippen molar-refractivity contribution >= 4 is 39.9 Å². The number of benzene rings is 3. The molecule has 0 radical (unpaired) electrons. The molecule has 0 fully saturated rings. The number of Topliss-reactive ketones (excluding diaryl/α,β-unsaturated/α-hetero) is 1. The first kappa shape index (κ1) is 27.0. The molecule has 206 valence electrons. The van der Waals surface area contributed by atoms with Gasteiger partial charge in [-0.1, -0.05) is 23.7 Å². The molecule has 1 atom stereocenters. The second-order valence-corrected chi connectivity index (χ2v) is 9.29. The zero-order valence-corrected chi connectivity index (χ0v) is 22.9. The summed E-state index contributed by atoms with van der Waals surface area (Å²) in [6.45, 7) is 2.19. The molecular weight excluding hydrogens is 538 g/mol. The third kappa shape index (κ3) is 4.58. The molecule has 40 heavy (non-hydrogen) atoms. The van der Waals surface area contributed by atoms with Crippen molar-refractivity contribution in [3.05, 3.63) is 88.3 Å². The first-order valence-electron chi connectivity index (χ1n) is 12.3. The van der Waals surface area contributed by atoms with Crippen molar-refractivity contribution in [1.29, 1.82) is 0 Å². The lowest BCUT2D eigenvalue weighted by molar-refractivity contribution is -0.117. The SMILES string of the molecule is CCOc1cc(C2C(C(=O)c3cc4cc(Cl)cc(OC)c4o3)=C(O)C(=O)N2c2cccc(OC)c2)ccc1OC. The Labute approximate surface area is 235 Å². The van der Waals surface area contributed by atoms with E-state index < -0.39 is 23.5 Å². The maximum atomic E-state index is 14.0. The van der Waals surface area contributed by atoms with Gasteiger partial charge in [-0.2, -0.15) is 0 Å². The summed E-state index contributed by atoms with van der Waals surface area (Å²) in [5.41, 5.74) is 1.06. The molecule has 0 spiro atoms. The van der Waals surface area contributed by atoms with E-state index in [-0.39, 0.29) is 11.3 Å². The highest BCUT2D eigenvalue weighted by atomic mass is 35.5. The summed E-state index contributed by atoms with van der Waals surface area (Å²) in [7, 11) is 4.48. The molecular formula is C30H26ClNO8. The fourth-order valence-electron chi connectivity index (χ4n) is 4.79. The maximum Gasteiger partial charge on any atom is 0.294 e. The summed E-state index contributed by atoms with van der Waals surface area (Å²) in [5.74, 6) is -0.496. The third-order valence-electron chi connectivity index (χ3n) is 6.58. The van der Waals surface area contributed by atoms with Gasteiger partial charge < -0.3 is 28.5 Å². The lowest BCUT2D eigenvalue weighted by Gasteiger charge is -2.27. The van der Waals surface area contributed by atoms with E-state index in [0.717, 1.165) is 0 Å². The number of rotatable bonds is 9. The van der Waals surface area contributed by atoms with Crippen molar-refractivity contribution in [2.75, 3.05) is 32.8 Å². The fraction of sp³-hybridized carbons (Fsp3) is 0.200. The molecule has 0 saturated heterocycles. The zero-order chi connectivity index (χ0) is 28.6. The Morgan fingerprint density at radius 3 is 2.45 bits per heavy atom. The molecule has 3 aromatic carbocycles. The molecule has 0 bridgehead atoms. The van der Waals surface area contributed by atoms with Crippen molar-refractivity contribution in [3.63, 3.8) is 0 Å². The number of carbonyl (C=O) groups is 2. The average molecular weight is 564 g/mol. The van der Waals surface area contributed by atoms with Crippen LogP contribution in [-0.4, -0.2) is 44.7 Å². The quantitative estimate of drug-likeness (QED) is 0.237. The molecule has 1 N–H and O–H groups in total. The lowest BCUT2D eigenvalue weighted by Crippen LogP contribution is -2.31. The number of carbonyl (C=O) groups excluding carboxylic acids is 2. The number of furan rings is 1. The van der Waals surface area contributed by atoms with Gasteiger partial charge in [-0.3, -0.25) is 14.5 Å². The van der Waals surface area contributed by atoms with E-state index >= 15 is 0 Å². The van der Waals surface area contributed by atoms with Crippen molar-refractivity contribution in [1.82, 2.24) is 0 Å². The molecule has 1 aliphatic heterocycles. The van der Waals surface area contributed by atoms with E-state index in [1.807, 2.05) is 6.92 Å². The maximum absolute atomic E-state index is 14.0. The lowest BCUT2D eigenvalue weighted by atomic mass is 9.94. The van der Waals surface area contributed by atoms with E-state index in [4.69, 9.17) is 35.0 Å². The van der Waals surface area contributed by atoms with Crippen LogP contribution < -0.4 is 23.8 Å². The van der Waals surface area contributed by atoms with Crippen LogP contribution in [0.25, 0.3) is 11.0 Å². The predicted molar refractivity (Wildman–Crippen MR) is 149 cm³/mol. The van der Waals surface area contributed by atoms with Gasteiger partial charge in [-0.25, -0.2) is 0 Å². The first-order valence-corrected chi connectivity index (χ1v) is 12.7. The van der Waals surface area contributed by atoms with Gasteiger partial charge in [0.1, 0.15) is 5.75 Å². The van der Waals surface area contributed by atoms with Gasteiger partial charge in [0.15, 0.2) is 34.4 Å². The number of ether oxygens (including phenoxy) is 4. The molecule has 1 amide bonds. The molecule has 10 heteroatoms. The first-order chi connectivity index (χ1) is 19.3. The van der Waals surface area contributed by atoms with Crippen molar-refractivity contribution in [2.24, 2.45) is 0 Å². The van der Waals surface area contributed by atoms with E-state index in [0.29, 0.717) is 56.8 Å². The number of hydrogen-bond donors (Lipinski definition) is 1. The number of fused-ring (bicyclic) bond motifs is 1. The van der Waals surface area contributed by atoms with Gasteiger partial charge in [0.2, 0.25) is 5.78 Å². The second-order valence-electron chi connectivity index (χ2n) is 8.85. The minimum absolute atomic E-state index is 0.0963. The topological polar surface area (TPSA) is 108 Å². The van der Waals surface area contributed by atoms with Crippen molar-refractivity contribution < 1.29 is 38.1 Å². The minimum Gasteiger partial charge on any atom is -0.503 e. The number of ketones is 1. The molecule has 2 heterocycles. The van der Waals surface area contributed by atoms with Gasteiger partial charge in [-0.15, -0.1) is 0 Å². The Morgan fingerprint density at radius 2 is 1.75 bits per heavy atom. The third-order valence-corrected chi connectivity index (χ3v) is 6.80.